The summed E-state index contributed by atoms with van der Waals surface area (Å²) in [6, 6.07) is 12.5. The van der Waals surface area contributed by atoms with Crippen molar-refractivity contribution in [3.8, 4) is 0 Å². The fraction of sp³-hybridized carbons (Fsp3) is 0.261. The van der Waals surface area contributed by atoms with Crippen LogP contribution >= 0.6 is 0 Å². The van der Waals surface area contributed by atoms with Crippen LogP contribution in [0.15, 0.2) is 48.5 Å². The Morgan fingerprint density at radius 2 is 1.71 bits per heavy atom. The van der Waals surface area contributed by atoms with E-state index in [0.717, 1.165) is 23.4 Å². The first-order valence-electron chi connectivity index (χ1n) is 9.91. The van der Waals surface area contributed by atoms with Crippen molar-refractivity contribution in [3.05, 3.63) is 70.9 Å². The summed E-state index contributed by atoms with van der Waals surface area (Å²) >= 11 is 0. The van der Waals surface area contributed by atoms with E-state index in [1.54, 1.807) is 0 Å². The molecule has 5 nitrogen and oxygen atoms in total. The van der Waals surface area contributed by atoms with Gasteiger partial charge in [-0.25, -0.2) is 4.98 Å². The quantitative estimate of drug-likeness (QED) is 0.531. The average molecular weight is 426 g/mol. The molecule has 0 aliphatic heterocycles. The highest BCUT2D eigenvalue weighted by Crippen LogP contribution is 2.34. The van der Waals surface area contributed by atoms with E-state index in [9.17, 15) is 18.0 Å². The number of aromatic nitrogens is 2. The van der Waals surface area contributed by atoms with Crippen molar-refractivity contribution in [2.24, 2.45) is 5.92 Å². The van der Waals surface area contributed by atoms with Gasteiger partial charge in [0.25, 0.3) is 0 Å². The van der Waals surface area contributed by atoms with Gasteiger partial charge in [-0.15, -0.1) is 0 Å². The zero-order valence-electron chi connectivity index (χ0n) is 17.0. The largest absolute Gasteiger partial charge is 0.416 e. The van der Waals surface area contributed by atoms with Crippen LogP contribution in [0.5, 0.6) is 0 Å². The predicted molar refractivity (Wildman–Crippen MR) is 113 cm³/mol. The zero-order valence-corrected chi connectivity index (χ0v) is 17.0. The number of carbonyl (C=O) groups is 1. The number of Topliss-reactive ketones (excluding diaryl/α,β-unsaturated/α-hetero) is 1. The first-order chi connectivity index (χ1) is 14.7. The zero-order chi connectivity index (χ0) is 22.2. The Labute approximate surface area is 177 Å². The Hall–Kier alpha value is -3.42. The topological polar surface area (TPSA) is 66.9 Å². The summed E-state index contributed by atoms with van der Waals surface area (Å²) in [4.78, 5) is 21.7. The summed E-state index contributed by atoms with van der Waals surface area (Å²) in [7, 11) is 0. The number of carbonyl (C=O) groups excluding carboxylic acids is 1. The number of anilines is 4. The van der Waals surface area contributed by atoms with Crippen molar-refractivity contribution in [3.63, 3.8) is 0 Å². The molecule has 31 heavy (non-hydrogen) atoms. The molecule has 1 aliphatic rings. The van der Waals surface area contributed by atoms with Gasteiger partial charge in [0.15, 0.2) is 5.78 Å². The van der Waals surface area contributed by atoms with E-state index in [0.29, 0.717) is 24.1 Å². The maximum Gasteiger partial charge on any atom is 0.416 e. The third-order valence-corrected chi connectivity index (χ3v) is 5.10. The van der Waals surface area contributed by atoms with E-state index in [-0.39, 0.29) is 29.2 Å². The van der Waals surface area contributed by atoms with Gasteiger partial charge in [0.1, 0.15) is 5.82 Å². The Bertz CT molecular complexity index is 1130. The third kappa shape index (κ3) is 4.68. The van der Waals surface area contributed by atoms with Gasteiger partial charge in [-0.05, 0) is 49.6 Å². The second-order valence-corrected chi connectivity index (χ2v) is 7.85. The smallest absolute Gasteiger partial charge is 0.339 e. The molecule has 1 unspecified atom stereocenters. The summed E-state index contributed by atoms with van der Waals surface area (Å²) in [5.74, 6) is 0.489. The normalized spacial score (nSPS) is 16.0. The number of nitrogens with zero attached hydrogens (tertiary/aromatic N) is 2. The highest BCUT2D eigenvalue weighted by Gasteiger charge is 2.31. The number of benzene rings is 2. The van der Waals surface area contributed by atoms with Crippen molar-refractivity contribution in [2.75, 3.05) is 10.6 Å². The third-order valence-electron chi connectivity index (χ3n) is 5.10. The van der Waals surface area contributed by atoms with Crippen LogP contribution in [-0.2, 0) is 12.6 Å². The number of aryl methyl sites for hydroxylation is 1. The van der Waals surface area contributed by atoms with E-state index in [1.807, 2.05) is 38.1 Å². The molecule has 2 aromatic carbocycles. The summed E-state index contributed by atoms with van der Waals surface area (Å²) in [6.45, 7) is 3.94. The lowest BCUT2D eigenvalue weighted by atomic mass is 9.87. The standard InChI is InChI=1S/C23H21F3N4O/c1-13-6-8-16(9-7-13)28-22-29-18-10-14(2)11-19(31)20(18)21(30-22)27-17-5-3-4-15(12-17)23(24,25)26/h3-9,12,14H,10-11H2,1-2H3,(H2,27,28,29,30). The molecule has 4 rings (SSSR count). The summed E-state index contributed by atoms with van der Waals surface area (Å²) in [6.07, 6.45) is -3.53. The number of hydrogen-bond acceptors (Lipinski definition) is 5. The number of ketones is 1. The van der Waals surface area contributed by atoms with Gasteiger partial charge >= 0.3 is 6.18 Å². The Kier molecular flexibility index (Phi) is 5.39. The van der Waals surface area contributed by atoms with E-state index in [1.165, 1.54) is 12.1 Å². The molecule has 8 heteroatoms. The van der Waals surface area contributed by atoms with Crippen molar-refractivity contribution in [1.29, 1.82) is 0 Å². The van der Waals surface area contributed by atoms with Gasteiger partial charge in [0, 0.05) is 17.8 Å². The first-order valence-corrected chi connectivity index (χ1v) is 9.91. The molecule has 0 saturated heterocycles. The Morgan fingerprint density at radius 1 is 0.968 bits per heavy atom. The lowest BCUT2D eigenvalue weighted by Crippen LogP contribution is -2.22. The lowest BCUT2D eigenvalue weighted by Gasteiger charge is -2.23. The van der Waals surface area contributed by atoms with Crippen molar-refractivity contribution in [1.82, 2.24) is 9.97 Å². The molecule has 3 aromatic rings. The van der Waals surface area contributed by atoms with Crippen LogP contribution < -0.4 is 10.6 Å². The fourth-order valence-electron chi connectivity index (χ4n) is 3.59. The van der Waals surface area contributed by atoms with Crippen LogP contribution in [0.25, 0.3) is 0 Å². The summed E-state index contributed by atoms with van der Waals surface area (Å²) in [5, 5.41) is 6.03. The lowest BCUT2D eigenvalue weighted by molar-refractivity contribution is -0.137. The minimum Gasteiger partial charge on any atom is -0.339 e. The minimum absolute atomic E-state index is 0.120. The average Bonchev–Trinajstić information content (AvgIpc) is 2.68. The van der Waals surface area contributed by atoms with Gasteiger partial charge < -0.3 is 10.6 Å². The molecule has 1 aliphatic carbocycles. The molecule has 0 bridgehead atoms. The summed E-state index contributed by atoms with van der Waals surface area (Å²) < 4.78 is 39.3. The van der Waals surface area contributed by atoms with E-state index in [2.05, 4.69) is 20.6 Å². The molecular weight excluding hydrogens is 405 g/mol. The minimum atomic E-state index is -4.47. The molecule has 0 fully saturated rings. The van der Waals surface area contributed by atoms with Gasteiger partial charge in [0.2, 0.25) is 5.95 Å². The molecule has 0 spiro atoms. The van der Waals surface area contributed by atoms with Gasteiger partial charge in [-0.1, -0.05) is 30.7 Å². The highest BCUT2D eigenvalue weighted by atomic mass is 19.4. The fourth-order valence-corrected chi connectivity index (χ4v) is 3.59. The SMILES string of the molecule is Cc1ccc(Nc2nc3c(c(Nc4cccc(C(F)(F)F)c4)n2)C(=O)CC(C)C3)cc1. The van der Waals surface area contributed by atoms with E-state index >= 15 is 0 Å². The molecular formula is C23H21F3N4O. The molecule has 2 N–H and O–H groups in total. The predicted octanol–water partition coefficient (Wildman–Crippen LogP) is 6.06. The number of hydrogen-bond donors (Lipinski definition) is 2. The number of fused-ring (bicyclic) bond motifs is 1. The van der Waals surface area contributed by atoms with Crippen LogP contribution in [0.1, 0.15) is 40.5 Å². The number of halogens is 3. The van der Waals surface area contributed by atoms with Crippen LogP contribution in [-0.4, -0.2) is 15.8 Å². The molecule has 160 valence electrons. The number of alkyl halides is 3. The van der Waals surface area contributed by atoms with Crippen LogP contribution in [0.4, 0.5) is 36.3 Å². The maximum atomic E-state index is 13.1. The highest BCUT2D eigenvalue weighted by molar-refractivity contribution is 6.03. The molecule has 0 radical (unpaired) electrons. The Morgan fingerprint density at radius 3 is 2.42 bits per heavy atom. The molecule has 1 heterocycles. The van der Waals surface area contributed by atoms with Crippen LogP contribution in [0.2, 0.25) is 0 Å². The second kappa shape index (κ2) is 8.02. The maximum absolute atomic E-state index is 13.1. The van der Waals surface area contributed by atoms with Crippen molar-refractivity contribution >= 4 is 28.9 Å². The van der Waals surface area contributed by atoms with Crippen LogP contribution in [0, 0.1) is 12.8 Å². The first kappa shape index (κ1) is 20.8. The molecule has 0 saturated carbocycles. The summed E-state index contributed by atoms with van der Waals surface area (Å²) in [5.41, 5.74) is 2.21. The molecule has 1 atom stereocenters. The molecule has 1 aromatic heterocycles. The van der Waals surface area contributed by atoms with Crippen LogP contribution in [0.3, 0.4) is 0 Å². The molecule has 0 amide bonds. The van der Waals surface area contributed by atoms with Crippen molar-refractivity contribution < 1.29 is 18.0 Å². The van der Waals surface area contributed by atoms with Gasteiger partial charge in [-0.3, -0.25) is 4.79 Å². The monoisotopic (exact) mass is 426 g/mol. The number of nitrogens with one attached hydrogen (secondary N) is 2. The van der Waals surface area contributed by atoms with Gasteiger partial charge in [0.05, 0.1) is 16.8 Å². The van der Waals surface area contributed by atoms with E-state index < -0.39 is 11.7 Å². The van der Waals surface area contributed by atoms with E-state index in [4.69, 9.17) is 0 Å². The second-order valence-electron chi connectivity index (χ2n) is 7.85. The number of rotatable bonds is 4. The Balaban J connectivity index is 1.74. The van der Waals surface area contributed by atoms with Gasteiger partial charge in [-0.2, -0.15) is 18.2 Å². The van der Waals surface area contributed by atoms with Crippen molar-refractivity contribution in [2.45, 2.75) is 32.9 Å².